The monoisotopic (exact) mass is 343 g/mol. The third kappa shape index (κ3) is 5.53. The fourth-order valence-corrected chi connectivity index (χ4v) is 1.71. The molecule has 0 spiro atoms. The minimum absolute atomic E-state index is 0.383. The molecule has 1 rings (SSSR count). The molecule has 106 valence electrons. The molecule has 0 unspecified atom stereocenters. The molecule has 0 aliphatic heterocycles. The molecule has 1 aromatic rings. The number of alkyl halides is 3. The summed E-state index contributed by atoms with van der Waals surface area (Å²) in [5, 5.41) is 6.00. The molecule has 19 heavy (non-hydrogen) atoms. The average molecular weight is 345 g/mol. The fourth-order valence-electron chi connectivity index (χ4n) is 1.20. The largest absolute Gasteiger partial charge is 0.362 e. The highest BCUT2D eigenvalue weighted by molar-refractivity contribution is 6.68. The van der Waals surface area contributed by atoms with Gasteiger partial charge in [-0.2, -0.15) is 0 Å². The third-order valence-electron chi connectivity index (χ3n) is 2.14. The summed E-state index contributed by atoms with van der Waals surface area (Å²) < 4.78 is -1.71. The zero-order chi connectivity index (χ0) is 14.6. The summed E-state index contributed by atoms with van der Waals surface area (Å²) in [5.41, 5.74) is 0.628. The summed E-state index contributed by atoms with van der Waals surface area (Å²) in [6.45, 7) is 0. The number of carbonyl (C=O) groups excluding carboxylic acids is 1. The van der Waals surface area contributed by atoms with Gasteiger partial charge in [-0.25, -0.2) is 4.79 Å². The molecule has 0 saturated heterocycles. The third-order valence-corrected chi connectivity index (χ3v) is 3.03. The molecule has 2 amide bonds. The van der Waals surface area contributed by atoms with Crippen LogP contribution in [0.1, 0.15) is 0 Å². The molecule has 0 heterocycles. The van der Waals surface area contributed by atoms with Crippen LogP contribution < -0.4 is 10.6 Å². The number of nitrogens with zero attached hydrogens (tertiary/aromatic N) is 1. The standard InChI is InChI=1S/C11H13Cl4N3O/c1-18(2)10(19)17-9(11(13,14)15)16-8-5-3-4-7(12)6-8/h3-6,9,16H,1-2H3,(H,17,19)/t9-/m1/s1. The SMILES string of the molecule is CN(C)C(=O)N[C@@H](Nc1cccc(Cl)c1)C(Cl)(Cl)Cl. The predicted molar refractivity (Wildman–Crippen MR) is 81.4 cm³/mol. The van der Waals surface area contributed by atoms with E-state index < -0.39 is 9.96 Å². The first-order valence-corrected chi connectivity index (χ1v) is 6.78. The molecule has 8 heteroatoms. The summed E-state index contributed by atoms with van der Waals surface area (Å²) in [5.74, 6) is 0. The van der Waals surface area contributed by atoms with E-state index in [4.69, 9.17) is 46.4 Å². The van der Waals surface area contributed by atoms with E-state index in [0.717, 1.165) is 0 Å². The lowest BCUT2D eigenvalue weighted by Crippen LogP contribution is -2.52. The summed E-state index contributed by atoms with van der Waals surface area (Å²) in [6, 6.07) is 6.48. The van der Waals surface area contributed by atoms with Crippen molar-refractivity contribution < 1.29 is 4.79 Å². The zero-order valence-electron chi connectivity index (χ0n) is 10.3. The Morgan fingerprint density at radius 3 is 2.42 bits per heavy atom. The number of rotatable bonds is 3. The molecule has 0 aliphatic carbocycles. The van der Waals surface area contributed by atoms with E-state index in [-0.39, 0.29) is 6.03 Å². The summed E-state index contributed by atoms with van der Waals surface area (Å²) in [4.78, 5) is 13.0. The van der Waals surface area contributed by atoms with Gasteiger partial charge < -0.3 is 15.5 Å². The number of amides is 2. The molecule has 1 aromatic carbocycles. The Bertz CT molecular complexity index is 448. The number of hydrogen-bond donors (Lipinski definition) is 2. The number of hydrogen-bond acceptors (Lipinski definition) is 2. The Balaban J connectivity index is 2.84. The van der Waals surface area contributed by atoms with Crippen LogP contribution in [-0.4, -0.2) is 35.0 Å². The van der Waals surface area contributed by atoms with Crippen LogP contribution >= 0.6 is 46.4 Å². The number of halogens is 4. The number of benzene rings is 1. The number of carbonyl (C=O) groups is 1. The second kappa shape index (κ2) is 6.75. The normalized spacial score (nSPS) is 12.7. The van der Waals surface area contributed by atoms with E-state index in [1.165, 1.54) is 4.90 Å². The maximum Gasteiger partial charge on any atom is 0.318 e. The molecular formula is C11H13Cl4N3O. The first kappa shape index (κ1) is 16.5. The molecule has 4 nitrogen and oxygen atoms in total. The molecule has 0 aliphatic rings. The van der Waals surface area contributed by atoms with Crippen molar-refractivity contribution in [3.05, 3.63) is 29.3 Å². The van der Waals surface area contributed by atoms with E-state index in [0.29, 0.717) is 10.7 Å². The highest BCUT2D eigenvalue weighted by Crippen LogP contribution is 2.31. The lowest BCUT2D eigenvalue weighted by Gasteiger charge is -2.28. The van der Waals surface area contributed by atoms with Gasteiger partial charge in [0, 0.05) is 24.8 Å². The van der Waals surface area contributed by atoms with Gasteiger partial charge in [-0.05, 0) is 18.2 Å². The van der Waals surface area contributed by atoms with Crippen molar-refractivity contribution in [2.24, 2.45) is 0 Å². The minimum Gasteiger partial charge on any atom is -0.362 e. The number of anilines is 1. The van der Waals surface area contributed by atoms with Crippen LogP contribution in [0.2, 0.25) is 5.02 Å². The first-order valence-electron chi connectivity index (χ1n) is 5.27. The van der Waals surface area contributed by atoms with Crippen molar-refractivity contribution in [2.75, 3.05) is 19.4 Å². The van der Waals surface area contributed by atoms with Crippen LogP contribution in [0, 0.1) is 0 Å². The van der Waals surface area contributed by atoms with Crippen LogP contribution in [0.4, 0.5) is 10.5 Å². The fraction of sp³-hybridized carbons (Fsp3) is 0.364. The lowest BCUT2D eigenvalue weighted by molar-refractivity contribution is 0.214. The van der Waals surface area contributed by atoms with Gasteiger partial charge in [0.15, 0.2) is 0 Å². The van der Waals surface area contributed by atoms with Gasteiger partial charge in [0.25, 0.3) is 0 Å². The lowest BCUT2D eigenvalue weighted by atomic mass is 10.3. The maximum absolute atomic E-state index is 11.6. The number of urea groups is 1. The number of nitrogens with one attached hydrogen (secondary N) is 2. The Morgan fingerprint density at radius 1 is 1.32 bits per heavy atom. The maximum atomic E-state index is 11.6. The topological polar surface area (TPSA) is 44.4 Å². The van der Waals surface area contributed by atoms with E-state index in [2.05, 4.69) is 10.6 Å². The molecular weight excluding hydrogens is 332 g/mol. The predicted octanol–water partition coefficient (Wildman–Crippen LogP) is 3.72. The van der Waals surface area contributed by atoms with Crippen LogP contribution in [0.25, 0.3) is 0 Å². The second-order valence-corrected chi connectivity index (χ2v) is 6.78. The van der Waals surface area contributed by atoms with Crippen molar-refractivity contribution in [1.29, 1.82) is 0 Å². The molecule has 0 aromatic heterocycles. The quantitative estimate of drug-likeness (QED) is 0.648. The van der Waals surface area contributed by atoms with Crippen molar-refractivity contribution in [3.8, 4) is 0 Å². The highest BCUT2D eigenvalue weighted by atomic mass is 35.6. The van der Waals surface area contributed by atoms with Gasteiger partial charge in [0.1, 0.15) is 6.17 Å². The average Bonchev–Trinajstić information content (AvgIpc) is 2.26. The second-order valence-electron chi connectivity index (χ2n) is 3.97. The van der Waals surface area contributed by atoms with Gasteiger partial charge in [0.05, 0.1) is 0 Å². The molecule has 0 fully saturated rings. The van der Waals surface area contributed by atoms with Gasteiger partial charge >= 0.3 is 6.03 Å². The van der Waals surface area contributed by atoms with Crippen LogP contribution in [-0.2, 0) is 0 Å². The van der Waals surface area contributed by atoms with E-state index in [9.17, 15) is 4.79 Å². The minimum atomic E-state index is -1.71. The van der Waals surface area contributed by atoms with Gasteiger partial charge in [-0.1, -0.05) is 52.5 Å². The summed E-state index contributed by atoms with van der Waals surface area (Å²) in [7, 11) is 3.17. The molecule has 0 radical (unpaired) electrons. The summed E-state index contributed by atoms with van der Waals surface area (Å²) >= 11 is 23.4. The van der Waals surface area contributed by atoms with Crippen molar-refractivity contribution in [1.82, 2.24) is 10.2 Å². The first-order chi connectivity index (χ1) is 8.70. The van der Waals surface area contributed by atoms with Crippen LogP contribution in [0.3, 0.4) is 0 Å². The molecule has 0 saturated carbocycles. The van der Waals surface area contributed by atoms with Crippen molar-refractivity contribution in [2.45, 2.75) is 9.96 Å². The smallest absolute Gasteiger partial charge is 0.318 e. The van der Waals surface area contributed by atoms with Crippen molar-refractivity contribution >= 4 is 58.1 Å². The Kier molecular flexibility index (Phi) is 5.86. The van der Waals surface area contributed by atoms with E-state index >= 15 is 0 Å². The molecule has 1 atom stereocenters. The Morgan fingerprint density at radius 2 is 1.95 bits per heavy atom. The van der Waals surface area contributed by atoms with Crippen molar-refractivity contribution in [3.63, 3.8) is 0 Å². The van der Waals surface area contributed by atoms with Gasteiger partial charge in [-0.15, -0.1) is 0 Å². The zero-order valence-corrected chi connectivity index (χ0v) is 13.3. The van der Waals surface area contributed by atoms with Gasteiger partial charge in [0.2, 0.25) is 3.79 Å². The summed E-state index contributed by atoms with van der Waals surface area (Å²) in [6.07, 6.45) is -0.897. The van der Waals surface area contributed by atoms with E-state index in [1.54, 1.807) is 38.4 Å². The van der Waals surface area contributed by atoms with Crippen LogP contribution in [0.5, 0.6) is 0 Å². The molecule has 0 bridgehead atoms. The molecule has 2 N–H and O–H groups in total. The Hall–Kier alpha value is -0.550. The van der Waals surface area contributed by atoms with Gasteiger partial charge in [-0.3, -0.25) is 0 Å². The van der Waals surface area contributed by atoms with Crippen LogP contribution in [0.15, 0.2) is 24.3 Å². The highest BCUT2D eigenvalue weighted by Gasteiger charge is 2.34. The van der Waals surface area contributed by atoms with E-state index in [1.807, 2.05) is 0 Å². The Labute approximate surface area is 131 Å².